The molecule has 0 radical (unpaired) electrons. The maximum absolute atomic E-state index is 4.57. The monoisotopic (exact) mass is 493 g/mol. The van der Waals surface area contributed by atoms with Crippen LogP contribution in [0.3, 0.4) is 0 Å². The Hall–Kier alpha value is -3.86. The number of likely N-dealkylation sites (N-methyl/N-ethyl adjacent to an activating group) is 1. The Morgan fingerprint density at radius 3 is 2.68 bits per heavy atom. The van der Waals surface area contributed by atoms with Crippen LogP contribution in [0.2, 0.25) is 0 Å². The van der Waals surface area contributed by atoms with Gasteiger partial charge in [-0.05, 0) is 66.5 Å². The summed E-state index contributed by atoms with van der Waals surface area (Å²) in [5, 5.41) is 4.47. The van der Waals surface area contributed by atoms with Crippen molar-refractivity contribution >= 4 is 22.9 Å². The van der Waals surface area contributed by atoms with E-state index in [1.54, 1.807) is 10.7 Å². The third kappa shape index (κ3) is 6.11. The van der Waals surface area contributed by atoms with Crippen LogP contribution in [0.4, 0.5) is 0 Å². The molecular formula is C32H39N5. The van der Waals surface area contributed by atoms with Crippen LogP contribution < -0.4 is 0 Å². The zero-order valence-corrected chi connectivity index (χ0v) is 22.6. The number of aromatic nitrogens is 3. The molecule has 37 heavy (non-hydrogen) atoms. The smallest absolute Gasteiger partial charge is 0.162 e. The second kappa shape index (κ2) is 11.9. The highest BCUT2D eigenvalue weighted by Gasteiger charge is 2.18. The number of allylic oxidation sites excluding steroid dienone is 4. The molecule has 0 unspecified atom stereocenters. The lowest BCUT2D eigenvalue weighted by Crippen LogP contribution is -2.27. The van der Waals surface area contributed by atoms with Gasteiger partial charge in [0.15, 0.2) is 5.65 Å². The number of hydrogen-bond donors (Lipinski definition) is 0. The van der Waals surface area contributed by atoms with Crippen LogP contribution in [0.5, 0.6) is 0 Å². The molecular weight excluding hydrogens is 454 g/mol. The zero-order valence-electron chi connectivity index (χ0n) is 22.6. The Morgan fingerprint density at radius 2 is 1.95 bits per heavy atom. The normalized spacial score (nSPS) is 14.3. The summed E-state index contributed by atoms with van der Waals surface area (Å²) in [7, 11) is 2.15. The van der Waals surface area contributed by atoms with E-state index in [4.69, 9.17) is 0 Å². The molecule has 192 valence electrons. The Morgan fingerprint density at radius 1 is 1.16 bits per heavy atom. The van der Waals surface area contributed by atoms with Crippen molar-refractivity contribution < 1.29 is 0 Å². The van der Waals surface area contributed by atoms with Crippen molar-refractivity contribution in [2.75, 3.05) is 26.7 Å². The van der Waals surface area contributed by atoms with E-state index >= 15 is 0 Å². The quantitative estimate of drug-likeness (QED) is 0.269. The number of rotatable bonds is 11. The SMILES string of the molecule is C=Cc1ccc(C)cc1C(=C)/C(=C\N(C)C/C(=C/CC)N1CCCC1)CC(=C)c1cnn2cccnc12. The van der Waals surface area contributed by atoms with Gasteiger partial charge in [-0.1, -0.05) is 62.6 Å². The highest BCUT2D eigenvalue weighted by atomic mass is 15.2. The van der Waals surface area contributed by atoms with E-state index in [-0.39, 0.29) is 0 Å². The molecule has 0 bridgehead atoms. The summed E-state index contributed by atoms with van der Waals surface area (Å²) in [5.41, 5.74) is 9.62. The second-order valence-corrected chi connectivity index (χ2v) is 9.87. The molecule has 2 aromatic heterocycles. The predicted octanol–water partition coefficient (Wildman–Crippen LogP) is 7.00. The van der Waals surface area contributed by atoms with Crippen molar-refractivity contribution in [2.45, 2.75) is 39.5 Å². The van der Waals surface area contributed by atoms with Gasteiger partial charge in [0.05, 0.1) is 12.7 Å². The third-order valence-electron chi connectivity index (χ3n) is 6.95. The highest BCUT2D eigenvalue weighted by molar-refractivity contribution is 5.86. The molecule has 0 N–H and O–H groups in total. The predicted molar refractivity (Wildman–Crippen MR) is 157 cm³/mol. The van der Waals surface area contributed by atoms with Gasteiger partial charge < -0.3 is 9.80 Å². The maximum Gasteiger partial charge on any atom is 0.162 e. The van der Waals surface area contributed by atoms with E-state index in [2.05, 4.69) is 91.0 Å². The molecule has 0 spiro atoms. The average molecular weight is 494 g/mol. The summed E-state index contributed by atoms with van der Waals surface area (Å²) < 4.78 is 1.79. The van der Waals surface area contributed by atoms with Crippen molar-refractivity contribution in [3.05, 3.63) is 108 Å². The minimum absolute atomic E-state index is 0.641. The van der Waals surface area contributed by atoms with Crippen molar-refractivity contribution in [3.8, 4) is 0 Å². The van der Waals surface area contributed by atoms with Crippen LogP contribution in [-0.2, 0) is 0 Å². The minimum Gasteiger partial charge on any atom is -0.374 e. The van der Waals surface area contributed by atoms with Gasteiger partial charge in [0, 0.05) is 50.0 Å². The van der Waals surface area contributed by atoms with Crippen LogP contribution in [0.25, 0.3) is 22.9 Å². The number of fused-ring (bicyclic) bond motifs is 1. The molecule has 5 nitrogen and oxygen atoms in total. The Labute approximate surface area is 221 Å². The second-order valence-electron chi connectivity index (χ2n) is 9.87. The third-order valence-corrected chi connectivity index (χ3v) is 6.95. The number of benzene rings is 1. The number of nitrogens with zero attached hydrogens (tertiary/aromatic N) is 5. The molecule has 3 aromatic rings. The van der Waals surface area contributed by atoms with Crippen LogP contribution in [0, 0.1) is 6.92 Å². The molecule has 1 aliphatic heterocycles. The fourth-order valence-corrected chi connectivity index (χ4v) is 5.02. The molecule has 0 aliphatic carbocycles. The summed E-state index contributed by atoms with van der Waals surface area (Å²) in [6.07, 6.45) is 16.3. The Balaban J connectivity index is 1.68. The Bertz CT molecular complexity index is 1350. The first-order chi connectivity index (χ1) is 17.9. The van der Waals surface area contributed by atoms with Crippen LogP contribution >= 0.6 is 0 Å². The van der Waals surface area contributed by atoms with Gasteiger partial charge in [0.1, 0.15) is 0 Å². The van der Waals surface area contributed by atoms with Crippen LogP contribution in [0.15, 0.2) is 86.1 Å². The number of aryl methyl sites for hydroxylation is 1. The molecule has 3 heterocycles. The fourth-order valence-electron chi connectivity index (χ4n) is 5.02. The van der Waals surface area contributed by atoms with E-state index in [0.29, 0.717) is 6.42 Å². The molecule has 5 heteroatoms. The van der Waals surface area contributed by atoms with Gasteiger partial charge in [-0.25, -0.2) is 9.50 Å². The summed E-state index contributed by atoms with van der Waals surface area (Å²) in [5.74, 6) is 0. The molecule has 1 aromatic carbocycles. The van der Waals surface area contributed by atoms with Crippen LogP contribution in [0.1, 0.15) is 54.9 Å². The van der Waals surface area contributed by atoms with E-state index in [9.17, 15) is 0 Å². The lowest BCUT2D eigenvalue weighted by molar-refractivity contribution is 0.363. The molecule has 0 saturated carbocycles. The summed E-state index contributed by atoms with van der Waals surface area (Å²) in [6, 6.07) is 8.30. The number of likely N-dealkylation sites (tertiary alicyclic amines) is 1. The molecule has 0 atom stereocenters. The molecule has 4 rings (SSSR count). The zero-order chi connectivity index (χ0) is 26.4. The number of hydrogen-bond acceptors (Lipinski definition) is 4. The first kappa shape index (κ1) is 26.2. The van der Waals surface area contributed by atoms with E-state index in [1.165, 1.54) is 24.1 Å². The van der Waals surface area contributed by atoms with Crippen molar-refractivity contribution in [1.82, 2.24) is 24.4 Å². The summed E-state index contributed by atoms with van der Waals surface area (Å²) >= 11 is 0. The van der Waals surface area contributed by atoms with Crippen molar-refractivity contribution in [3.63, 3.8) is 0 Å². The van der Waals surface area contributed by atoms with Gasteiger partial charge >= 0.3 is 0 Å². The van der Waals surface area contributed by atoms with Crippen LogP contribution in [-0.4, -0.2) is 51.1 Å². The lowest BCUT2D eigenvalue weighted by Gasteiger charge is -2.27. The van der Waals surface area contributed by atoms with Gasteiger partial charge in [-0.3, -0.25) is 0 Å². The molecule has 1 aliphatic rings. The van der Waals surface area contributed by atoms with E-state index in [0.717, 1.165) is 65.1 Å². The molecule has 1 saturated heterocycles. The maximum atomic E-state index is 4.57. The fraction of sp³-hybridized carbons (Fsp3) is 0.312. The van der Waals surface area contributed by atoms with Gasteiger partial charge in [0.25, 0.3) is 0 Å². The first-order valence-corrected chi connectivity index (χ1v) is 13.2. The summed E-state index contributed by atoms with van der Waals surface area (Å²) in [4.78, 5) is 9.35. The standard InChI is InChI=1S/C32H39N5/c1-7-12-29(36-16-9-10-17-36)23-35(6)22-28(26(5)30-19-24(3)13-14-27(30)8-2)20-25(4)31-21-34-37-18-11-15-33-32(31)37/h8,11-15,18-19,21-22H,2,4-5,7,9-10,16-17,20,23H2,1,3,6H3/b28-22-,29-12-. The molecule has 1 fully saturated rings. The van der Waals surface area contributed by atoms with Crippen molar-refractivity contribution in [1.29, 1.82) is 0 Å². The van der Waals surface area contributed by atoms with Gasteiger partial charge in [0.2, 0.25) is 0 Å². The highest BCUT2D eigenvalue weighted by Crippen LogP contribution is 2.33. The Kier molecular flexibility index (Phi) is 8.44. The summed E-state index contributed by atoms with van der Waals surface area (Å²) in [6.45, 7) is 20.5. The largest absolute Gasteiger partial charge is 0.374 e. The van der Waals surface area contributed by atoms with E-state index < -0.39 is 0 Å². The lowest BCUT2D eigenvalue weighted by atomic mass is 9.89. The minimum atomic E-state index is 0.641. The molecule has 0 amide bonds. The average Bonchev–Trinajstić information content (AvgIpc) is 3.58. The topological polar surface area (TPSA) is 36.7 Å². The first-order valence-electron chi connectivity index (χ1n) is 13.2. The van der Waals surface area contributed by atoms with Gasteiger partial charge in [-0.2, -0.15) is 5.10 Å². The van der Waals surface area contributed by atoms with Crippen molar-refractivity contribution in [2.24, 2.45) is 0 Å². The van der Waals surface area contributed by atoms with Gasteiger partial charge in [-0.15, -0.1) is 0 Å². The van der Waals surface area contributed by atoms with E-state index in [1.807, 2.05) is 24.5 Å².